The number of hydrogen-bond donors (Lipinski definition) is 3. The van der Waals surface area contributed by atoms with Gasteiger partial charge in [0.25, 0.3) is 0 Å². The van der Waals surface area contributed by atoms with Crippen LogP contribution in [0.25, 0.3) is 0 Å². The lowest BCUT2D eigenvalue weighted by atomic mass is 10.0. The second-order valence-corrected chi connectivity index (χ2v) is 4.80. The van der Waals surface area contributed by atoms with Crippen LogP contribution in [0, 0.1) is 5.82 Å². The Labute approximate surface area is 123 Å². The molecule has 0 fully saturated rings. The number of benzene rings is 2. The first-order valence-corrected chi connectivity index (χ1v) is 6.66. The monoisotopic (exact) mass is 287 g/mol. The highest BCUT2D eigenvalue weighted by Gasteiger charge is 2.10. The minimum absolute atomic E-state index is 0.0985. The van der Waals surface area contributed by atoms with Crippen LogP contribution in [0.4, 0.5) is 4.39 Å². The second kappa shape index (κ2) is 6.85. The van der Waals surface area contributed by atoms with Crippen LogP contribution in [0.1, 0.15) is 29.7 Å². The van der Waals surface area contributed by atoms with Gasteiger partial charge in [0.05, 0.1) is 0 Å². The van der Waals surface area contributed by atoms with Crippen LogP contribution in [0.3, 0.4) is 0 Å². The molecule has 0 unspecified atom stereocenters. The van der Waals surface area contributed by atoms with Gasteiger partial charge in [0.2, 0.25) is 0 Å². The highest BCUT2D eigenvalue weighted by molar-refractivity contribution is 5.98. The fraction of sp³-hybridized carbons (Fsp3) is 0.188. The van der Waals surface area contributed by atoms with E-state index in [-0.39, 0.29) is 11.9 Å². The van der Waals surface area contributed by atoms with Crippen molar-refractivity contribution in [3.8, 4) is 0 Å². The zero-order valence-corrected chi connectivity index (χ0v) is 11.8. The summed E-state index contributed by atoms with van der Waals surface area (Å²) in [5, 5.41) is 15.1. The summed E-state index contributed by atoms with van der Waals surface area (Å²) in [6.07, 6.45) is 0. The quantitative estimate of drug-likeness (QED) is 0.343. The van der Waals surface area contributed by atoms with E-state index >= 15 is 0 Å². The molecule has 0 saturated carbocycles. The number of hydrogen-bond acceptors (Lipinski definition) is 3. The lowest BCUT2D eigenvalue weighted by Gasteiger charge is -2.16. The molecule has 0 aromatic heterocycles. The van der Waals surface area contributed by atoms with Crippen molar-refractivity contribution < 1.29 is 9.60 Å². The molecule has 5 heteroatoms. The lowest BCUT2D eigenvalue weighted by molar-refractivity contribution is 0.318. The summed E-state index contributed by atoms with van der Waals surface area (Å²) in [5.74, 6) is -0.518. The summed E-state index contributed by atoms with van der Waals surface area (Å²) >= 11 is 0. The molecule has 0 spiro atoms. The van der Waals surface area contributed by atoms with Crippen LogP contribution >= 0.6 is 0 Å². The van der Waals surface area contributed by atoms with Gasteiger partial charge in [-0.15, -0.1) is 0 Å². The van der Waals surface area contributed by atoms with Crippen molar-refractivity contribution in [1.29, 1.82) is 0 Å². The standard InChI is InChI=1S/C16H18FN3O/c1-11(12-5-3-2-4-6-12)19-10-13-7-8-14(17)9-15(13)16(18)20-21/h2-9,11,19,21H,10H2,1H3,(H2,18,20)/t11-/m1/s1. The van der Waals surface area contributed by atoms with Gasteiger partial charge in [-0.05, 0) is 30.2 Å². The van der Waals surface area contributed by atoms with E-state index in [1.807, 2.05) is 37.3 Å². The van der Waals surface area contributed by atoms with E-state index in [9.17, 15) is 4.39 Å². The summed E-state index contributed by atoms with van der Waals surface area (Å²) in [7, 11) is 0. The molecule has 21 heavy (non-hydrogen) atoms. The smallest absolute Gasteiger partial charge is 0.170 e. The molecule has 1 atom stereocenters. The number of amidine groups is 1. The summed E-state index contributed by atoms with van der Waals surface area (Å²) in [6, 6.07) is 14.4. The average Bonchev–Trinajstić information content (AvgIpc) is 2.53. The summed E-state index contributed by atoms with van der Waals surface area (Å²) in [4.78, 5) is 0. The molecule has 110 valence electrons. The molecule has 2 rings (SSSR count). The molecular formula is C16H18FN3O. The normalized spacial score (nSPS) is 13.1. The number of nitrogens with zero attached hydrogens (tertiary/aromatic N) is 1. The predicted octanol–water partition coefficient (Wildman–Crippen LogP) is 2.77. The van der Waals surface area contributed by atoms with Crippen molar-refractivity contribution in [2.75, 3.05) is 0 Å². The van der Waals surface area contributed by atoms with E-state index < -0.39 is 5.82 Å². The van der Waals surface area contributed by atoms with E-state index in [1.54, 1.807) is 6.07 Å². The average molecular weight is 287 g/mol. The first kappa shape index (κ1) is 15.0. The van der Waals surface area contributed by atoms with Gasteiger partial charge in [0.15, 0.2) is 5.84 Å². The molecular weight excluding hydrogens is 269 g/mol. The molecule has 0 bridgehead atoms. The first-order chi connectivity index (χ1) is 10.1. The molecule has 0 saturated heterocycles. The Hall–Kier alpha value is -2.40. The van der Waals surface area contributed by atoms with E-state index in [1.165, 1.54) is 12.1 Å². The maximum Gasteiger partial charge on any atom is 0.170 e. The lowest BCUT2D eigenvalue weighted by Crippen LogP contribution is -2.22. The highest BCUT2D eigenvalue weighted by atomic mass is 19.1. The van der Waals surface area contributed by atoms with E-state index in [4.69, 9.17) is 10.9 Å². The van der Waals surface area contributed by atoms with Crippen LogP contribution in [0.15, 0.2) is 53.7 Å². The van der Waals surface area contributed by atoms with Gasteiger partial charge < -0.3 is 16.3 Å². The first-order valence-electron chi connectivity index (χ1n) is 6.66. The van der Waals surface area contributed by atoms with Gasteiger partial charge in [-0.1, -0.05) is 41.6 Å². The van der Waals surface area contributed by atoms with Crippen LogP contribution < -0.4 is 11.1 Å². The number of halogens is 1. The van der Waals surface area contributed by atoms with Crippen LogP contribution in [0.5, 0.6) is 0 Å². The third-order valence-electron chi connectivity index (χ3n) is 3.35. The highest BCUT2D eigenvalue weighted by Crippen LogP contribution is 2.15. The molecule has 0 amide bonds. The fourth-order valence-electron chi connectivity index (χ4n) is 2.12. The van der Waals surface area contributed by atoms with Gasteiger partial charge in [0, 0.05) is 18.2 Å². The summed E-state index contributed by atoms with van der Waals surface area (Å²) < 4.78 is 13.3. The van der Waals surface area contributed by atoms with Gasteiger partial charge in [0.1, 0.15) is 5.82 Å². The molecule has 0 aliphatic heterocycles. The summed E-state index contributed by atoms with van der Waals surface area (Å²) in [6.45, 7) is 2.53. The molecule has 0 radical (unpaired) electrons. The maximum absolute atomic E-state index is 13.3. The molecule has 0 aliphatic carbocycles. The largest absolute Gasteiger partial charge is 0.409 e. The van der Waals surface area contributed by atoms with Crippen molar-refractivity contribution in [3.05, 3.63) is 71.0 Å². The molecule has 0 aliphatic rings. The molecule has 2 aromatic rings. The Morgan fingerprint density at radius 3 is 2.67 bits per heavy atom. The van der Waals surface area contributed by atoms with Crippen molar-refractivity contribution >= 4 is 5.84 Å². The molecule has 2 aromatic carbocycles. The van der Waals surface area contributed by atoms with Crippen molar-refractivity contribution in [1.82, 2.24) is 5.32 Å². The number of oxime groups is 1. The van der Waals surface area contributed by atoms with Crippen LogP contribution in [0.2, 0.25) is 0 Å². The third-order valence-corrected chi connectivity index (χ3v) is 3.35. The Balaban J connectivity index is 2.13. The second-order valence-electron chi connectivity index (χ2n) is 4.80. The summed E-state index contributed by atoms with van der Waals surface area (Å²) in [5.41, 5.74) is 7.91. The number of nitrogens with two attached hydrogens (primary N) is 1. The van der Waals surface area contributed by atoms with E-state index in [0.717, 1.165) is 11.1 Å². The maximum atomic E-state index is 13.3. The van der Waals surface area contributed by atoms with Gasteiger partial charge >= 0.3 is 0 Å². The Kier molecular flexibility index (Phi) is 4.90. The van der Waals surface area contributed by atoms with E-state index in [0.29, 0.717) is 12.1 Å². The number of rotatable bonds is 5. The fourth-order valence-corrected chi connectivity index (χ4v) is 2.12. The minimum atomic E-state index is -0.420. The van der Waals surface area contributed by atoms with E-state index in [2.05, 4.69) is 10.5 Å². The van der Waals surface area contributed by atoms with Crippen molar-refractivity contribution in [3.63, 3.8) is 0 Å². The zero-order valence-electron chi connectivity index (χ0n) is 11.8. The Morgan fingerprint density at radius 1 is 1.29 bits per heavy atom. The Morgan fingerprint density at radius 2 is 2.00 bits per heavy atom. The third kappa shape index (κ3) is 3.79. The Bertz CT molecular complexity index is 629. The van der Waals surface area contributed by atoms with Gasteiger partial charge in [-0.3, -0.25) is 0 Å². The minimum Gasteiger partial charge on any atom is -0.409 e. The molecule has 4 nitrogen and oxygen atoms in total. The van der Waals surface area contributed by atoms with Gasteiger partial charge in [-0.25, -0.2) is 4.39 Å². The SMILES string of the molecule is C[C@@H](NCc1ccc(F)cc1C(N)=NO)c1ccccc1. The van der Waals surface area contributed by atoms with Crippen molar-refractivity contribution in [2.24, 2.45) is 10.9 Å². The van der Waals surface area contributed by atoms with Crippen molar-refractivity contribution in [2.45, 2.75) is 19.5 Å². The van der Waals surface area contributed by atoms with Crippen LogP contribution in [-0.4, -0.2) is 11.0 Å². The molecule has 4 N–H and O–H groups in total. The zero-order chi connectivity index (χ0) is 15.2. The predicted molar refractivity (Wildman–Crippen MR) is 80.6 cm³/mol. The van der Waals surface area contributed by atoms with Crippen LogP contribution in [-0.2, 0) is 6.54 Å². The molecule has 0 heterocycles. The topological polar surface area (TPSA) is 70.6 Å². The number of nitrogens with one attached hydrogen (secondary N) is 1. The van der Waals surface area contributed by atoms with Gasteiger partial charge in [-0.2, -0.15) is 0 Å².